The van der Waals surface area contributed by atoms with Crippen LogP contribution in [0.2, 0.25) is 0 Å². The molecule has 6 rings (SSSR count). The van der Waals surface area contributed by atoms with Crippen molar-refractivity contribution in [2.24, 2.45) is 0 Å². The number of benzene rings is 4. The first-order valence-electron chi connectivity index (χ1n) is 19.4. The van der Waals surface area contributed by atoms with Crippen molar-refractivity contribution in [3.8, 4) is 0 Å². The molecule has 0 saturated heterocycles. The number of carbonyl (C=O) groups is 1. The van der Waals surface area contributed by atoms with Crippen molar-refractivity contribution < 1.29 is 114 Å². The second kappa shape index (κ2) is 19.6. The van der Waals surface area contributed by atoms with Crippen LogP contribution >= 0.6 is 12.0 Å². The molecule has 0 saturated carbocycles. The van der Waals surface area contributed by atoms with E-state index in [-0.39, 0.29) is 73.0 Å². The van der Waals surface area contributed by atoms with Crippen LogP contribution in [0.25, 0.3) is 21.5 Å². The van der Waals surface area contributed by atoms with Gasteiger partial charge in [-0.15, -0.1) is 0 Å². The van der Waals surface area contributed by atoms with Crippen LogP contribution in [-0.2, 0) is 55.4 Å². The summed E-state index contributed by atoms with van der Waals surface area (Å²) in [6.45, 7) is 10.7. The number of fused-ring (bicyclic) bond motifs is 6. The van der Waals surface area contributed by atoms with E-state index in [9.17, 15) is 49.0 Å². The zero-order valence-electron chi connectivity index (χ0n) is 35.6. The molecule has 0 fully saturated rings. The third-order valence-electron chi connectivity index (χ3n) is 11.4. The van der Waals surface area contributed by atoms with Crippen LogP contribution in [0.4, 0.5) is 11.4 Å². The predicted octanol–water partition coefficient (Wildman–Crippen LogP) is 2.44. The van der Waals surface area contributed by atoms with Gasteiger partial charge < -0.3 is 29.1 Å². The van der Waals surface area contributed by atoms with Gasteiger partial charge in [0.1, 0.15) is 36.9 Å². The third-order valence-corrected chi connectivity index (χ3v) is 14.5. The molecule has 16 nitrogen and oxygen atoms in total. The number of nitrogens with zero attached hydrogens (tertiary/aromatic N) is 2. The minimum atomic E-state index is -5.20. The van der Waals surface area contributed by atoms with Gasteiger partial charge in [-0.25, -0.2) is 25.3 Å². The van der Waals surface area contributed by atoms with Crippen molar-refractivity contribution in [1.82, 2.24) is 5.32 Å². The van der Waals surface area contributed by atoms with Crippen LogP contribution in [0.15, 0.2) is 104 Å². The largest absolute Gasteiger partial charge is 1.00 e. The Labute approximate surface area is 413 Å². The number of hydrogen-bond donors (Lipinski definition) is 1. The maximum atomic E-state index is 12.4. The molecule has 0 aliphatic carbocycles. The van der Waals surface area contributed by atoms with Gasteiger partial charge in [-0.2, -0.15) is 8.91 Å². The van der Waals surface area contributed by atoms with Crippen molar-refractivity contribution in [1.29, 1.82) is 0 Å². The average molecular weight is 966 g/mol. The zero-order chi connectivity index (χ0) is 45.6. The van der Waals surface area contributed by atoms with E-state index in [1.807, 2.05) is 75.6 Å². The Balaban J connectivity index is 0.00000748. The molecule has 1 N–H and O–H groups in total. The molecule has 2 aliphatic heterocycles. The molecule has 0 bridgehead atoms. The monoisotopic (exact) mass is 965 g/mol. The summed E-state index contributed by atoms with van der Waals surface area (Å²) in [6, 6.07) is 10.9. The number of rotatable bonds is 16. The van der Waals surface area contributed by atoms with Gasteiger partial charge in [0.15, 0.2) is 5.71 Å². The van der Waals surface area contributed by atoms with Crippen molar-refractivity contribution in [3.63, 3.8) is 0 Å². The van der Waals surface area contributed by atoms with Gasteiger partial charge in [-0.1, -0.05) is 38.1 Å². The molecule has 0 unspecified atom stereocenters. The number of carbonyl (C=O) groups excluding carboxylic acids is 1. The molecule has 0 spiro atoms. The van der Waals surface area contributed by atoms with Crippen molar-refractivity contribution in [3.05, 3.63) is 95.7 Å². The first-order valence-corrected chi connectivity index (χ1v) is 24.4. The van der Waals surface area contributed by atoms with E-state index < -0.39 is 55.9 Å². The Bertz CT molecular complexity index is 2960. The zero-order valence-corrected chi connectivity index (χ0v) is 42.0. The van der Waals surface area contributed by atoms with Crippen LogP contribution < -0.4 is 66.9 Å². The molecule has 21 heteroatoms. The Hall–Kier alpha value is -2.84. The fourth-order valence-electron chi connectivity index (χ4n) is 8.69. The van der Waals surface area contributed by atoms with Gasteiger partial charge in [0.05, 0.1) is 32.1 Å². The number of hydrogen-bond acceptors (Lipinski definition) is 15. The van der Waals surface area contributed by atoms with Gasteiger partial charge in [-0.05, 0) is 97.8 Å². The Morgan fingerprint density at radius 1 is 0.794 bits per heavy atom. The maximum Gasteiger partial charge on any atom is 1.00 e. The SMILES string of the molecule is CCN1/C(=C/C=C/C=C/C2=[N+](CCCCCC(=O)NC)c3ccc4c(S(=O)(=O)[O-])cc(S(=O)(=O)[O-])cc4c3C2(C)C)C(C)(C)c2c1ccc1c(SOO[O-])cc(S(=O)(=O)[O-])cc21.[K+]. The summed E-state index contributed by atoms with van der Waals surface area (Å²) in [4.78, 5) is 12.0. The molecule has 0 atom stereocenters. The third kappa shape index (κ3) is 10.3. The minimum Gasteiger partial charge on any atom is -0.744 e. The first kappa shape index (κ1) is 51.1. The Morgan fingerprint density at radius 2 is 1.43 bits per heavy atom. The smallest absolute Gasteiger partial charge is 0.744 e. The first-order chi connectivity index (χ1) is 29.0. The van der Waals surface area contributed by atoms with Gasteiger partial charge in [0.25, 0.3) is 0 Å². The topological polar surface area (TPSA) is 248 Å². The van der Waals surface area contributed by atoms with Crippen LogP contribution in [0.3, 0.4) is 0 Å². The quantitative estimate of drug-likeness (QED) is 0.0248. The number of anilines is 1. The van der Waals surface area contributed by atoms with E-state index in [4.69, 9.17) is 0 Å². The van der Waals surface area contributed by atoms with Crippen LogP contribution in [0.1, 0.15) is 71.4 Å². The van der Waals surface area contributed by atoms with E-state index in [0.29, 0.717) is 78.9 Å². The van der Waals surface area contributed by atoms with E-state index in [1.54, 1.807) is 19.2 Å². The predicted molar refractivity (Wildman–Crippen MR) is 228 cm³/mol. The number of likely N-dealkylation sites (N-methyl/N-ethyl adjacent to an activating group) is 1. The van der Waals surface area contributed by atoms with Gasteiger partial charge >= 0.3 is 51.4 Å². The fourth-order valence-corrected chi connectivity index (χ4v) is 11.1. The van der Waals surface area contributed by atoms with Crippen molar-refractivity contribution in [2.75, 3.05) is 25.0 Å². The summed E-state index contributed by atoms with van der Waals surface area (Å²) in [5.41, 5.74) is 2.67. The molecule has 0 radical (unpaired) electrons. The summed E-state index contributed by atoms with van der Waals surface area (Å²) in [6.07, 6.45) is 11.6. The van der Waals surface area contributed by atoms with Gasteiger partial charge in [0, 0.05) is 71.2 Å². The van der Waals surface area contributed by atoms with Crippen molar-refractivity contribution in [2.45, 2.75) is 90.7 Å². The van der Waals surface area contributed by atoms with Crippen LogP contribution in [0, 0.1) is 0 Å². The van der Waals surface area contributed by atoms with Crippen LogP contribution in [-0.4, -0.2) is 75.2 Å². The Kier molecular flexibility index (Phi) is 15.9. The summed E-state index contributed by atoms with van der Waals surface area (Å²) in [5.74, 6) is -0.0792. The van der Waals surface area contributed by atoms with E-state index in [0.717, 1.165) is 34.8 Å². The molecule has 4 aromatic rings. The maximum absolute atomic E-state index is 12.4. The summed E-state index contributed by atoms with van der Waals surface area (Å²) < 4.78 is 117. The van der Waals surface area contributed by atoms with Crippen molar-refractivity contribution >= 4 is 86.9 Å². The number of unbranched alkanes of at least 4 members (excludes halogenated alkanes) is 2. The second-order valence-electron chi connectivity index (χ2n) is 15.8. The molecule has 2 aliphatic rings. The van der Waals surface area contributed by atoms with E-state index in [2.05, 4.69) is 19.6 Å². The summed E-state index contributed by atoms with van der Waals surface area (Å²) in [7, 11) is -13.7. The fraction of sp³-hybridized carbons (Fsp3) is 0.333. The van der Waals surface area contributed by atoms with Crippen LogP contribution in [0.5, 0.6) is 0 Å². The van der Waals surface area contributed by atoms with Gasteiger partial charge in [-0.3, -0.25) is 9.83 Å². The molecule has 2 heterocycles. The average Bonchev–Trinajstić information content (AvgIpc) is 3.55. The summed E-state index contributed by atoms with van der Waals surface area (Å²) >= 11 is 0.492. The molecule has 332 valence electrons. The number of nitrogens with one attached hydrogen (secondary N) is 1. The van der Waals surface area contributed by atoms with E-state index in [1.165, 1.54) is 12.1 Å². The molecular weight excluding hydrogens is 922 g/mol. The molecule has 63 heavy (non-hydrogen) atoms. The molecule has 4 aromatic carbocycles. The minimum absolute atomic E-state index is 0. The van der Waals surface area contributed by atoms with E-state index >= 15 is 0 Å². The Morgan fingerprint density at radius 3 is 2.03 bits per heavy atom. The van der Waals surface area contributed by atoms with Gasteiger partial charge in [0.2, 0.25) is 11.6 Å². The summed E-state index contributed by atoms with van der Waals surface area (Å²) in [5, 5.41) is 17.9. The standard InChI is InChI=1S/C42H47N3O13S4.K/c1-7-44-32-19-17-28-30(22-26(60(48,49)50)24-34(28)59-58-57-47)39(32)41(2,3)36(44)14-10-8-11-15-37-42(4,5)40-31-23-27(61(51,52)53)25-35(62(54,55)56)29(31)18-20-33(40)45(37)21-13-9-12-16-38(46)43-6;/h8,10-11,14-15,17-20,22-25H,7,9,12-13,16,21H2,1-6H3,(H4-,43,46,47,48,49,50,51,52,53,54,55,56);/q;+1/p-3. The second-order valence-corrected chi connectivity index (χ2v) is 20.7. The normalized spacial score (nSPS) is 16.7. The number of amides is 1. The molecular formula is C42H44KN3O13S4-2. The number of allylic oxidation sites excluding steroid dienone is 6. The molecule has 0 aromatic heterocycles. The molecule has 1 amide bonds.